The molecule has 0 saturated heterocycles. The summed E-state index contributed by atoms with van der Waals surface area (Å²) in [5, 5.41) is 0. The molecule has 0 aromatic heterocycles. The maximum atomic E-state index is 13.9. The zero-order valence-corrected chi connectivity index (χ0v) is 12.7. The molecular weight excluding hydrogens is 304 g/mol. The van der Waals surface area contributed by atoms with Crippen LogP contribution in [-0.4, -0.2) is 6.18 Å². The maximum absolute atomic E-state index is 13.9. The summed E-state index contributed by atoms with van der Waals surface area (Å²) in [5.74, 6) is 2.13. The van der Waals surface area contributed by atoms with Crippen molar-refractivity contribution >= 4 is 0 Å². The molecule has 0 N–H and O–H groups in total. The highest BCUT2D eigenvalue weighted by atomic mass is 19.4. The van der Waals surface area contributed by atoms with Crippen LogP contribution in [0.4, 0.5) is 17.6 Å². The standard InChI is InChI=1S/C19H16F4/c1-2-3-4-14-5-7-15(8-6-14)17-10-9-16(18(20)13-17)11-12-19(21,22)23/h5-10,13H,2-4H2,1H3. The summed E-state index contributed by atoms with van der Waals surface area (Å²) < 4.78 is 50.0. The van der Waals surface area contributed by atoms with Crippen molar-refractivity contribution in [3.8, 4) is 23.0 Å². The maximum Gasteiger partial charge on any atom is 0.458 e. The fraction of sp³-hybridized carbons (Fsp3) is 0.263. The van der Waals surface area contributed by atoms with E-state index in [1.165, 1.54) is 17.7 Å². The third-order valence-electron chi connectivity index (χ3n) is 3.41. The molecule has 0 amide bonds. The van der Waals surface area contributed by atoms with Gasteiger partial charge in [0.1, 0.15) is 5.82 Å². The predicted octanol–water partition coefficient (Wildman–Crippen LogP) is 5.75. The molecule has 0 radical (unpaired) electrons. The topological polar surface area (TPSA) is 0 Å². The molecule has 120 valence electrons. The lowest BCUT2D eigenvalue weighted by atomic mass is 10.0. The second-order valence-electron chi connectivity index (χ2n) is 5.24. The minimum absolute atomic E-state index is 0.259. The summed E-state index contributed by atoms with van der Waals surface area (Å²) in [6.07, 6.45) is -1.40. The van der Waals surface area contributed by atoms with Crippen LogP contribution in [0.2, 0.25) is 0 Å². The van der Waals surface area contributed by atoms with Crippen LogP contribution in [0.25, 0.3) is 11.1 Å². The van der Waals surface area contributed by atoms with E-state index in [4.69, 9.17) is 0 Å². The van der Waals surface area contributed by atoms with Crippen molar-refractivity contribution in [1.29, 1.82) is 0 Å². The summed E-state index contributed by atoms with van der Waals surface area (Å²) >= 11 is 0. The Hall–Kier alpha value is -2.28. The number of hydrogen-bond donors (Lipinski definition) is 0. The van der Waals surface area contributed by atoms with Crippen molar-refractivity contribution in [3.63, 3.8) is 0 Å². The van der Waals surface area contributed by atoms with Crippen molar-refractivity contribution in [2.45, 2.75) is 32.4 Å². The first-order valence-corrected chi connectivity index (χ1v) is 7.38. The van der Waals surface area contributed by atoms with Gasteiger partial charge in [0.2, 0.25) is 0 Å². The highest BCUT2D eigenvalue weighted by molar-refractivity contribution is 5.65. The molecule has 0 bridgehead atoms. The third kappa shape index (κ3) is 5.14. The Kier molecular flexibility index (Phi) is 5.44. The molecule has 0 aliphatic carbocycles. The first kappa shape index (κ1) is 17.1. The van der Waals surface area contributed by atoms with E-state index in [0.717, 1.165) is 30.7 Å². The van der Waals surface area contributed by atoms with Gasteiger partial charge in [0.15, 0.2) is 0 Å². The Balaban J connectivity index is 2.21. The summed E-state index contributed by atoms with van der Waals surface area (Å²) in [4.78, 5) is 0. The molecule has 0 heterocycles. The summed E-state index contributed by atoms with van der Waals surface area (Å²) in [6, 6.07) is 11.8. The number of aryl methyl sites for hydroxylation is 1. The number of hydrogen-bond acceptors (Lipinski definition) is 0. The second-order valence-corrected chi connectivity index (χ2v) is 5.24. The first-order valence-electron chi connectivity index (χ1n) is 7.38. The van der Waals surface area contributed by atoms with Gasteiger partial charge in [-0.15, -0.1) is 0 Å². The fourth-order valence-corrected chi connectivity index (χ4v) is 2.18. The van der Waals surface area contributed by atoms with Gasteiger partial charge in [-0.3, -0.25) is 0 Å². The second kappa shape index (κ2) is 7.32. The van der Waals surface area contributed by atoms with Crippen LogP contribution in [0, 0.1) is 17.7 Å². The summed E-state index contributed by atoms with van der Waals surface area (Å²) in [7, 11) is 0. The van der Waals surface area contributed by atoms with Crippen LogP contribution in [0.15, 0.2) is 42.5 Å². The highest BCUT2D eigenvalue weighted by Gasteiger charge is 2.23. The molecule has 0 saturated carbocycles. The Labute approximate surface area is 133 Å². The summed E-state index contributed by atoms with van der Waals surface area (Å²) in [6.45, 7) is 2.13. The van der Waals surface area contributed by atoms with Gasteiger partial charge in [0.25, 0.3) is 0 Å². The van der Waals surface area contributed by atoms with E-state index in [1.54, 1.807) is 6.07 Å². The van der Waals surface area contributed by atoms with E-state index in [0.29, 0.717) is 5.56 Å². The molecule has 0 unspecified atom stereocenters. The largest absolute Gasteiger partial charge is 0.458 e. The van der Waals surface area contributed by atoms with Crippen LogP contribution in [0.1, 0.15) is 30.9 Å². The minimum Gasteiger partial charge on any atom is -0.206 e. The van der Waals surface area contributed by atoms with Crippen LogP contribution in [-0.2, 0) is 6.42 Å². The van der Waals surface area contributed by atoms with Crippen molar-refractivity contribution in [3.05, 3.63) is 59.4 Å². The number of halogens is 4. The van der Waals surface area contributed by atoms with Crippen molar-refractivity contribution < 1.29 is 17.6 Å². The van der Waals surface area contributed by atoms with Crippen molar-refractivity contribution in [2.75, 3.05) is 0 Å². The minimum atomic E-state index is -4.63. The van der Waals surface area contributed by atoms with Crippen LogP contribution >= 0.6 is 0 Å². The number of rotatable bonds is 4. The normalized spacial score (nSPS) is 11.0. The van der Waals surface area contributed by atoms with E-state index >= 15 is 0 Å². The third-order valence-corrected chi connectivity index (χ3v) is 3.41. The molecule has 23 heavy (non-hydrogen) atoms. The fourth-order valence-electron chi connectivity index (χ4n) is 2.18. The lowest BCUT2D eigenvalue weighted by Gasteiger charge is -2.05. The lowest BCUT2D eigenvalue weighted by Crippen LogP contribution is -2.01. The van der Waals surface area contributed by atoms with Gasteiger partial charge in [-0.1, -0.05) is 49.6 Å². The molecule has 0 fully saturated rings. The molecule has 4 heteroatoms. The van der Waals surface area contributed by atoms with Crippen molar-refractivity contribution in [2.24, 2.45) is 0 Å². The molecule has 2 aromatic carbocycles. The van der Waals surface area contributed by atoms with E-state index in [2.05, 4.69) is 6.92 Å². The Bertz CT molecular complexity index is 716. The van der Waals surface area contributed by atoms with E-state index in [9.17, 15) is 17.6 Å². The van der Waals surface area contributed by atoms with Gasteiger partial charge in [-0.05, 0) is 41.7 Å². The SMILES string of the molecule is CCCCc1ccc(-c2ccc(C#CC(F)(F)F)c(F)c2)cc1. The molecule has 0 spiro atoms. The van der Waals surface area contributed by atoms with Gasteiger partial charge >= 0.3 is 6.18 Å². The van der Waals surface area contributed by atoms with E-state index < -0.39 is 12.0 Å². The monoisotopic (exact) mass is 320 g/mol. The molecule has 2 aromatic rings. The highest BCUT2D eigenvalue weighted by Crippen LogP contribution is 2.23. The molecule has 0 nitrogen and oxygen atoms in total. The van der Waals surface area contributed by atoms with Gasteiger partial charge in [-0.2, -0.15) is 13.2 Å². The number of benzene rings is 2. The molecule has 0 atom stereocenters. The zero-order chi connectivity index (χ0) is 16.9. The van der Waals surface area contributed by atoms with Crippen molar-refractivity contribution in [1.82, 2.24) is 0 Å². The van der Waals surface area contributed by atoms with Crippen LogP contribution in [0.3, 0.4) is 0 Å². The zero-order valence-electron chi connectivity index (χ0n) is 12.7. The molecule has 0 aliphatic rings. The van der Waals surface area contributed by atoms with E-state index in [1.807, 2.05) is 30.2 Å². The van der Waals surface area contributed by atoms with Gasteiger partial charge < -0.3 is 0 Å². The molecular formula is C19H16F4. The average Bonchev–Trinajstić information content (AvgIpc) is 2.51. The quantitative estimate of drug-likeness (QED) is 0.497. The lowest BCUT2D eigenvalue weighted by molar-refractivity contribution is -0.0696. The van der Waals surface area contributed by atoms with Gasteiger partial charge in [0, 0.05) is 5.92 Å². The smallest absolute Gasteiger partial charge is 0.206 e. The summed E-state index contributed by atoms with van der Waals surface area (Å²) in [5.41, 5.74) is 2.39. The Morgan fingerprint density at radius 3 is 2.17 bits per heavy atom. The number of alkyl halides is 3. The van der Waals surface area contributed by atoms with Gasteiger partial charge in [-0.25, -0.2) is 4.39 Å². The Morgan fingerprint density at radius 2 is 1.61 bits per heavy atom. The van der Waals surface area contributed by atoms with Gasteiger partial charge in [0.05, 0.1) is 5.56 Å². The van der Waals surface area contributed by atoms with Crippen LogP contribution in [0.5, 0.6) is 0 Å². The Morgan fingerprint density at radius 1 is 0.957 bits per heavy atom. The molecule has 2 rings (SSSR count). The average molecular weight is 320 g/mol. The first-order chi connectivity index (χ1) is 10.9. The number of unbranched alkanes of at least 4 members (excludes halogenated alkanes) is 1. The van der Waals surface area contributed by atoms with E-state index in [-0.39, 0.29) is 5.56 Å². The predicted molar refractivity (Wildman–Crippen MR) is 83.4 cm³/mol. The van der Waals surface area contributed by atoms with Crippen LogP contribution < -0.4 is 0 Å². The molecule has 0 aliphatic heterocycles.